The fraction of sp³-hybridized carbons (Fsp3) is 0.600. The zero-order valence-corrected chi connectivity index (χ0v) is 15.8. The summed E-state index contributed by atoms with van der Waals surface area (Å²) in [6.07, 6.45) is 2.79. The number of hydrogen-bond acceptors (Lipinski definition) is 6. The van der Waals surface area contributed by atoms with Gasteiger partial charge in [0.25, 0.3) is 0 Å². The van der Waals surface area contributed by atoms with Gasteiger partial charge in [0, 0.05) is 19.3 Å². The Morgan fingerprint density at radius 1 is 1.29 bits per heavy atom. The fourth-order valence-corrected chi connectivity index (χ4v) is 5.39. The van der Waals surface area contributed by atoms with Crippen LogP contribution in [0.2, 0.25) is 0 Å². The van der Waals surface area contributed by atoms with Crippen molar-refractivity contribution < 1.29 is 21.6 Å². The maximum Gasteiger partial charge on any atom is 0.246 e. The summed E-state index contributed by atoms with van der Waals surface area (Å²) in [6.45, 7) is 1.58. The maximum absolute atomic E-state index is 13.0. The summed E-state index contributed by atoms with van der Waals surface area (Å²) in [5.41, 5.74) is 0. The number of sulfonamides is 1. The van der Waals surface area contributed by atoms with Crippen LogP contribution in [0.1, 0.15) is 12.8 Å². The van der Waals surface area contributed by atoms with Gasteiger partial charge in [0.1, 0.15) is 10.6 Å². The minimum absolute atomic E-state index is 0.0364. The molecule has 1 aliphatic rings. The van der Waals surface area contributed by atoms with E-state index in [4.69, 9.17) is 4.74 Å². The van der Waals surface area contributed by atoms with Gasteiger partial charge >= 0.3 is 0 Å². The summed E-state index contributed by atoms with van der Waals surface area (Å²) in [4.78, 5) is -0.135. The van der Waals surface area contributed by atoms with Crippen LogP contribution in [0.5, 0.6) is 5.75 Å². The van der Waals surface area contributed by atoms with E-state index in [0.29, 0.717) is 13.1 Å². The van der Waals surface area contributed by atoms with Gasteiger partial charge in [0.2, 0.25) is 10.0 Å². The minimum atomic E-state index is -3.82. The summed E-state index contributed by atoms with van der Waals surface area (Å²) in [6, 6.07) is 3.93. The lowest BCUT2D eigenvalue weighted by Crippen LogP contribution is -2.42. The van der Waals surface area contributed by atoms with Crippen LogP contribution in [0.15, 0.2) is 28.0 Å². The Kier molecular flexibility index (Phi) is 5.90. The van der Waals surface area contributed by atoms with Crippen molar-refractivity contribution >= 4 is 19.9 Å². The number of nitrogens with one attached hydrogen (secondary N) is 1. The average Bonchev–Trinajstić information content (AvgIpc) is 2.54. The number of sulfone groups is 1. The zero-order chi connectivity index (χ0) is 18.0. The summed E-state index contributed by atoms with van der Waals surface area (Å²) in [5, 5.41) is 3.08. The first-order valence-electron chi connectivity index (χ1n) is 7.73. The standard InChI is InChI=1S/C15H24N2O5S2/c1-16-10-12-5-4-8-17(11-12)24(20,21)15-9-13(23(3,18)19)6-7-14(15)22-2/h6-7,9,12,16H,4-5,8,10-11H2,1-3H3. The van der Waals surface area contributed by atoms with Crippen molar-refractivity contribution in [1.82, 2.24) is 9.62 Å². The van der Waals surface area contributed by atoms with Gasteiger partial charge in [-0.2, -0.15) is 4.31 Å². The number of piperidine rings is 1. The molecule has 9 heteroatoms. The van der Waals surface area contributed by atoms with E-state index >= 15 is 0 Å². The normalized spacial score (nSPS) is 20.0. The van der Waals surface area contributed by atoms with Gasteiger partial charge in [-0.25, -0.2) is 16.8 Å². The van der Waals surface area contributed by atoms with Crippen LogP contribution in [0.25, 0.3) is 0 Å². The molecule has 1 heterocycles. The highest BCUT2D eigenvalue weighted by Crippen LogP contribution is 2.31. The van der Waals surface area contributed by atoms with Crippen LogP contribution >= 0.6 is 0 Å². The Morgan fingerprint density at radius 2 is 2.00 bits per heavy atom. The summed E-state index contributed by atoms with van der Waals surface area (Å²) < 4.78 is 56.2. The Morgan fingerprint density at radius 3 is 2.58 bits per heavy atom. The van der Waals surface area contributed by atoms with Gasteiger partial charge < -0.3 is 10.1 Å². The molecule has 1 fully saturated rings. The Balaban J connectivity index is 2.44. The van der Waals surface area contributed by atoms with Crippen molar-refractivity contribution in [2.24, 2.45) is 5.92 Å². The van der Waals surface area contributed by atoms with Gasteiger partial charge in [-0.05, 0) is 50.6 Å². The van der Waals surface area contributed by atoms with E-state index < -0.39 is 19.9 Å². The predicted octanol–water partition coefficient (Wildman–Crippen LogP) is 0.719. The van der Waals surface area contributed by atoms with E-state index in [1.807, 2.05) is 7.05 Å². The van der Waals surface area contributed by atoms with E-state index in [2.05, 4.69) is 5.32 Å². The van der Waals surface area contributed by atoms with Crippen LogP contribution in [0.3, 0.4) is 0 Å². The first-order chi connectivity index (χ1) is 11.2. The van der Waals surface area contributed by atoms with E-state index in [-0.39, 0.29) is 21.5 Å². The number of benzene rings is 1. The predicted molar refractivity (Wildman–Crippen MR) is 91.5 cm³/mol. The van der Waals surface area contributed by atoms with Gasteiger partial charge in [-0.1, -0.05) is 0 Å². The SMILES string of the molecule is CNCC1CCCN(S(=O)(=O)c2cc(S(C)(=O)=O)ccc2OC)C1. The van der Waals surface area contributed by atoms with E-state index in [1.165, 1.54) is 29.6 Å². The highest BCUT2D eigenvalue weighted by Gasteiger charge is 2.32. The molecule has 1 aliphatic heterocycles. The number of hydrogen-bond donors (Lipinski definition) is 1. The maximum atomic E-state index is 13.0. The summed E-state index contributed by atoms with van der Waals surface area (Å²) >= 11 is 0. The topological polar surface area (TPSA) is 92.8 Å². The van der Waals surface area contributed by atoms with Gasteiger partial charge in [-0.3, -0.25) is 0 Å². The monoisotopic (exact) mass is 376 g/mol. The van der Waals surface area contributed by atoms with Crippen molar-refractivity contribution in [2.45, 2.75) is 22.6 Å². The molecule has 0 bridgehead atoms. The van der Waals surface area contributed by atoms with E-state index in [9.17, 15) is 16.8 Å². The van der Waals surface area contributed by atoms with Gasteiger partial charge in [-0.15, -0.1) is 0 Å². The Bertz CT molecular complexity index is 788. The molecular weight excluding hydrogens is 352 g/mol. The van der Waals surface area contributed by atoms with Gasteiger partial charge in [0.15, 0.2) is 9.84 Å². The van der Waals surface area contributed by atoms with Gasteiger partial charge in [0.05, 0.1) is 12.0 Å². The third-order valence-corrected chi connectivity index (χ3v) is 7.15. The van der Waals surface area contributed by atoms with Crippen molar-refractivity contribution in [3.8, 4) is 5.75 Å². The first-order valence-corrected chi connectivity index (χ1v) is 11.1. The third-order valence-electron chi connectivity index (χ3n) is 4.16. The quantitative estimate of drug-likeness (QED) is 0.786. The second kappa shape index (κ2) is 7.38. The molecule has 1 saturated heterocycles. The minimum Gasteiger partial charge on any atom is -0.495 e. The molecule has 1 aromatic carbocycles. The molecule has 0 aliphatic carbocycles. The largest absolute Gasteiger partial charge is 0.495 e. The summed E-state index contributed by atoms with van der Waals surface area (Å²) in [7, 11) is -4.12. The molecule has 0 aromatic heterocycles. The molecule has 136 valence electrons. The van der Waals surface area contributed by atoms with Crippen molar-refractivity contribution in [1.29, 1.82) is 0 Å². The Hall–Kier alpha value is -1.16. The van der Waals surface area contributed by atoms with Crippen molar-refractivity contribution in [3.05, 3.63) is 18.2 Å². The molecule has 1 aromatic rings. The average molecular weight is 377 g/mol. The van der Waals surface area contributed by atoms with E-state index in [0.717, 1.165) is 25.6 Å². The molecule has 0 spiro atoms. The number of nitrogens with zero attached hydrogens (tertiary/aromatic N) is 1. The number of ether oxygens (including phenoxy) is 1. The lowest BCUT2D eigenvalue weighted by Gasteiger charge is -2.32. The molecule has 2 rings (SSSR count). The highest BCUT2D eigenvalue weighted by molar-refractivity contribution is 7.91. The van der Waals surface area contributed by atoms with Crippen LogP contribution in [-0.2, 0) is 19.9 Å². The van der Waals surface area contributed by atoms with Crippen molar-refractivity contribution in [3.63, 3.8) is 0 Å². The van der Waals surface area contributed by atoms with Crippen LogP contribution in [0, 0.1) is 5.92 Å². The zero-order valence-electron chi connectivity index (χ0n) is 14.1. The lowest BCUT2D eigenvalue weighted by atomic mass is 10.00. The van der Waals surface area contributed by atoms with E-state index in [1.54, 1.807) is 0 Å². The smallest absolute Gasteiger partial charge is 0.246 e. The summed E-state index contributed by atoms with van der Waals surface area (Å²) in [5.74, 6) is 0.390. The molecule has 1 unspecified atom stereocenters. The molecular formula is C15H24N2O5S2. The third kappa shape index (κ3) is 4.08. The van der Waals surface area contributed by atoms with Crippen LogP contribution < -0.4 is 10.1 Å². The second-order valence-corrected chi connectivity index (χ2v) is 9.94. The fourth-order valence-electron chi connectivity index (χ4n) is 2.93. The van der Waals surface area contributed by atoms with Crippen LogP contribution in [0.4, 0.5) is 0 Å². The molecule has 24 heavy (non-hydrogen) atoms. The molecule has 0 amide bonds. The molecule has 7 nitrogen and oxygen atoms in total. The highest BCUT2D eigenvalue weighted by atomic mass is 32.2. The first kappa shape index (κ1) is 19.2. The molecule has 1 N–H and O–H groups in total. The second-order valence-electron chi connectivity index (χ2n) is 6.01. The van der Waals surface area contributed by atoms with Crippen molar-refractivity contribution in [2.75, 3.05) is 40.0 Å². The number of methoxy groups -OCH3 is 1. The Labute approximate surface area is 144 Å². The number of rotatable bonds is 6. The lowest BCUT2D eigenvalue weighted by molar-refractivity contribution is 0.262. The molecule has 0 radical (unpaired) electrons. The molecule has 1 atom stereocenters. The molecule has 0 saturated carbocycles. The van der Waals surface area contributed by atoms with Crippen LogP contribution in [-0.4, -0.2) is 61.2 Å².